The van der Waals surface area contributed by atoms with E-state index in [9.17, 15) is 9.59 Å². The quantitative estimate of drug-likeness (QED) is 0.754. The monoisotopic (exact) mass is 303 g/mol. The number of ether oxygens (including phenoxy) is 1. The molecule has 1 aliphatic rings. The third kappa shape index (κ3) is 3.49. The lowest BCUT2D eigenvalue weighted by atomic mass is 9.89. The fourth-order valence-electron chi connectivity index (χ4n) is 2.68. The van der Waals surface area contributed by atoms with Crippen molar-refractivity contribution in [3.63, 3.8) is 0 Å². The predicted octanol–water partition coefficient (Wildman–Crippen LogP) is 4.53. The highest BCUT2D eigenvalue weighted by Crippen LogP contribution is 2.36. The van der Waals surface area contributed by atoms with Crippen LogP contribution in [0, 0.1) is 0 Å². The zero-order chi connectivity index (χ0) is 16.5. The lowest BCUT2D eigenvalue weighted by Gasteiger charge is -2.34. The van der Waals surface area contributed by atoms with Crippen LogP contribution in [0.1, 0.15) is 69.3 Å². The number of hydrogen-bond donors (Lipinski definition) is 0. The normalized spacial score (nSPS) is 17.9. The van der Waals surface area contributed by atoms with Gasteiger partial charge >= 0.3 is 6.09 Å². The lowest BCUT2D eigenvalue weighted by Crippen LogP contribution is -2.40. The second-order valence-electron chi connectivity index (χ2n) is 6.87. The molecule has 0 saturated heterocycles. The maximum atomic E-state index is 12.4. The first-order valence-electron chi connectivity index (χ1n) is 7.90. The first-order chi connectivity index (χ1) is 10.2. The Morgan fingerprint density at radius 3 is 2.59 bits per heavy atom. The molecule has 1 amide bonds. The Hall–Kier alpha value is -1.84. The molecule has 0 bridgehead atoms. The topological polar surface area (TPSA) is 46.6 Å². The van der Waals surface area contributed by atoms with Gasteiger partial charge in [-0.1, -0.05) is 13.8 Å². The number of ketones is 1. The predicted molar refractivity (Wildman–Crippen MR) is 87.7 cm³/mol. The largest absolute Gasteiger partial charge is 0.443 e. The average Bonchev–Trinajstić information content (AvgIpc) is 2.44. The summed E-state index contributed by atoms with van der Waals surface area (Å²) in [5.41, 5.74) is 2.12. The number of nitrogens with zero attached hydrogens (tertiary/aromatic N) is 1. The minimum Gasteiger partial charge on any atom is -0.443 e. The van der Waals surface area contributed by atoms with E-state index in [0.717, 1.165) is 23.2 Å². The van der Waals surface area contributed by atoms with Crippen LogP contribution >= 0.6 is 0 Å². The lowest BCUT2D eigenvalue weighted by molar-refractivity contribution is 0.0577. The van der Waals surface area contributed by atoms with Gasteiger partial charge in [-0.25, -0.2) is 4.79 Å². The van der Waals surface area contributed by atoms with Crippen molar-refractivity contribution in [3.8, 4) is 0 Å². The zero-order valence-corrected chi connectivity index (χ0v) is 14.1. The average molecular weight is 303 g/mol. The molecule has 1 aliphatic heterocycles. The molecule has 1 heterocycles. The van der Waals surface area contributed by atoms with Crippen molar-refractivity contribution < 1.29 is 14.3 Å². The molecular weight excluding hydrogens is 278 g/mol. The molecule has 120 valence electrons. The van der Waals surface area contributed by atoms with Gasteiger partial charge in [-0.05, 0) is 56.9 Å². The molecule has 0 fully saturated rings. The summed E-state index contributed by atoms with van der Waals surface area (Å²) in [4.78, 5) is 26.0. The summed E-state index contributed by atoms with van der Waals surface area (Å²) in [5, 5.41) is 0. The van der Waals surface area contributed by atoms with Gasteiger partial charge in [0.05, 0.1) is 5.69 Å². The molecule has 0 N–H and O–H groups in total. The molecule has 0 radical (unpaired) electrons. The van der Waals surface area contributed by atoms with Gasteiger partial charge in [0, 0.05) is 18.5 Å². The molecule has 0 aliphatic carbocycles. The molecule has 2 rings (SSSR count). The fourth-order valence-corrected chi connectivity index (χ4v) is 2.68. The number of benzene rings is 1. The number of amides is 1. The van der Waals surface area contributed by atoms with Crippen LogP contribution in [0.5, 0.6) is 0 Å². The van der Waals surface area contributed by atoms with E-state index >= 15 is 0 Å². The van der Waals surface area contributed by atoms with Crippen LogP contribution < -0.4 is 4.90 Å². The summed E-state index contributed by atoms with van der Waals surface area (Å²) in [7, 11) is 0. The first kappa shape index (κ1) is 16.5. The first-order valence-corrected chi connectivity index (χ1v) is 7.90. The van der Waals surface area contributed by atoms with Gasteiger partial charge in [0.2, 0.25) is 0 Å². The Morgan fingerprint density at radius 1 is 1.32 bits per heavy atom. The van der Waals surface area contributed by atoms with Gasteiger partial charge in [-0.2, -0.15) is 0 Å². The van der Waals surface area contributed by atoms with E-state index in [1.807, 2.05) is 39.8 Å². The molecule has 0 aromatic heterocycles. The molecule has 4 heteroatoms. The van der Waals surface area contributed by atoms with Gasteiger partial charge in [-0.3, -0.25) is 9.69 Å². The standard InChI is InChI=1S/C18H25NO3/c1-6-16(20)13-7-8-15-14(11-13)12(2)9-10-19(15)17(21)22-18(3,4)5/h7-8,11-12H,6,9-10H2,1-5H3/t12-/m0/s1. The summed E-state index contributed by atoms with van der Waals surface area (Å²) >= 11 is 0. The highest BCUT2D eigenvalue weighted by molar-refractivity contribution is 5.97. The number of anilines is 1. The number of Topliss-reactive ketones (excluding diaryl/α,β-unsaturated/α-hetero) is 1. The summed E-state index contributed by atoms with van der Waals surface area (Å²) in [6, 6.07) is 5.61. The van der Waals surface area contributed by atoms with Crippen molar-refractivity contribution in [1.82, 2.24) is 0 Å². The molecule has 1 atom stereocenters. The molecular formula is C18H25NO3. The third-order valence-corrected chi connectivity index (χ3v) is 3.89. The van der Waals surface area contributed by atoms with Gasteiger partial charge in [0.1, 0.15) is 5.60 Å². The Bertz CT molecular complexity index is 586. The van der Waals surface area contributed by atoms with Gasteiger partial charge in [-0.15, -0.1) is 0 Å². The highest BCUT2D eigenvalue weighted by Gasteiger charge is 2.30. The highest BCUT2D eigenvalue weighted by atomic mass is 16.6. The zero-order valence-electron chi connectivity index (χ0n) is 14.1. The minimum absolute atomic E-state index is 0.129. The van der Waals surface area contributed by atoms with Crippen molar-refractivity contribution in [2.75, 3.05) is 11.4 Å². The van der Waals surface area contributed by atoms with Crippen LogP contribution in [-0.2, 0) is 4.74 Å². The fraction of sp³-hybridized carbons (Fsp3) is 0.556. The Kier molecular flexibility index (Phi) is 4.59. The molecule has 0 unspecified atom stereocenters. The second kappa shape index (κ2) is 6.11. The van der Waals surface area contributed by atoms with E-state index < -0.39 is 5.60 Å². The van der Waals surface area contributed by atoms with Crippen LogP contribution in [0.3, 0.4) is 0 Å². The van der Waals surface area contributed by atoms with Crippen molar-refractivity contribution in [2.45, 2.75) is 59.0 Å². The van der Waals surface area contributed by atoms with E-state index in [-0.39, 0.29) is 11.9 Å². The maximum absolute atomic E-state index is 12.4. The van der Waals surface area contributed by atoms with E-state index in [4.69, 9.17) is 4.74 Å². The van der Waals surface area contributed by atoms with Gasteiger partial charge in [0.25, 0.3) is 0 Å². The van der Waals surface area contributed by atoms with Crippen LogP contribution in [0.2, 0.25) is 0 Å². The van der Waals surface area contributed by atoms with Crippen LogP contribution in [-0.4, -0.2) is 24.0 Å². The van der Waals surface area contributed by atoms with Gasteiger partial charge in [0.15, 0.2) is 5.78 Å². The van der Waals surface area contributed by atoms with Gasteiger partial charge < -0.3 is 4.74 Å². The number of rotatable bonds is 2. The van der Waals surface area contributed by atoms with Crippen molar-refractivity contribution >= 4 is 17.6 Å². The number of carbonyl (C=O) groups is 2. The van der Waals surface area contributed by atoms with Crippen molar-refractivity contribution in [3.05, 3.63) is 29.3 Å². The Labute approximate surface area is 132 Å². The second-order valence-corrected chi connectivity index (χ2v) is 6.87. The molecule has 1 aromatic carbocycles. The number of hydrogen-bond acceptors (Lipinski definition) is 3. The molecule has 0 saturated carbocycles. The van der Waals surface area contributed by atoms with Crippen molar-refractivity contribution in [1.29, 1.82) is 0 Å². The smallest absolute Gasteiger partial charge is 0.414 e. The Morgan fingerprint density at radius 2 is 2.00 bits per heavy atom. The number of fused-ring (bicyclic) bond motifs is 1. The van der Waals surface area contributed by atoms with Crippen LogP contribution in [0.15, 0.2) is 18.2 Å². The maximum Gasteiger partial charge on any atom is 0.414 e. The summed E-state index contributed by atoms with van der Waals surface area (Å²) in [6.45, 7) is 10.2. The SMILES string of the molecule is CCC(=O)c1ccc2c(c1)[C@@H](C)CCN2C(=O)OC(C)(C)C. The van der Waals surface area contributed by atoms with Crippen LogP contribution in [0.4, 0.5) is 10.5 Å². The van der Waals surface area contributed by atoms with E-state index in [2.05, 4.69) is 6.92 Å². The molecule has 1 aromatic rings. The Balaban J connectivity index is 2.35. The van der Waals surface area contributed by atoms with E-state index in [1.165, 1.54) is 0 Å². The van der Waals surface area contributed by atoms with Crippen LogP contribution in [0.25, 0.3) is 0 Å². The van der Waals surface area contributed by atoms with E-state index in [1.54, 1.807) is 11.0 Å². The molecule has 4 nitrogen and oxygen atoms in total. The summed E-state index contributed by atoms with van der Waals surface area (Å²) in [6.07, 6.45) is 1.04. The summed E-state index contributed by atoms with van der Waals surface area (Å²) in [5.74, 6) is 0.461. The van der Waals surface area contributed by atoms with E-state index in [0.29, 0.717) is 18.9 Å². The molecule has 22 heavy (non-hydrogen) atoms. The number of carbonyl (C=O) groups excluding carboxylic acids is 2. The summed E-state index contributed by atoms with van der Waals surface area (Å²) < 4.78 is 5.49. The third-order valence-electron chi connectivity index (χ3n) is 3.89. The molecule has 0 spiro atoms. The minimum atomic E-state index is -0.515. The van der Waals surface area contributed by atoms with Crippen molar-refractivity contribution in [2.24, 2.45) is 0 Å².